The van der Waals surface area contributed by atoms with Crippen LogP contribution in [0.5, 0.6) is 0 Å². The second kappa shape index (κ2) is 34.9. The van der Waals surface area contributed by atoms with Gasteiger partial charge in [0.05, 0.1) is 8.41 Å². The summed E-state index contributed by atoms with van der Waals surface area (Å²) in [5, 5.41) is 1.39. The lowest BCUT2D eigenvalue weighted by Crippen LogP contribution is -1.41. The van der Waals surface area contributed by atoms with Crippen LogP contribution in [-0.2, 0) is 0 Å². The molecule has 0 fully saturated rings. The normalized spacial score (nSPS) is 2.83. The predicted molar refractivity (Wildman–Crippen MR) is 43.5 cm³/mol. The van der Waals surface area contributed by atoms with Gasteiger partial charge in [-0.05, 0) is 0 Å². The highest BCUT2D eigenvalue weighted by Crippen LogP contribution is 1.49. The van der Waals surface area contributed by atoms with Gasteiger partial charge in [-0.25, -0.2) is 0 Å². The Hall–Kier alpha value is 1.18. The number of rotatable bonds is 0. The van der Waals surface area contributed by atoms with Gasteiger partial charge in [0.1, 0.15) is 0 Å². The largest absolute Gasteiger partial charge is 0.211 e. The Kier molecular flexibility index (Phi) is 158. The summed E-state index contributed by atoms with van der Waals surface area (Å²) < 4.78 is 0. The van der Waals surface area contributed by atoms with Crippen LogP contribution in [0.25, 0.3) is 0 Å². The van der Waals surface area contributed by atoms with Gasteiger partial charge >= 0.3 is 0 Å². The molecule has 0 saturated heterocycles. The van der Waals surface area contributed by atoms with E-state index < -0.39 is 0 Å². The molecule has 40 valence electrons. The second-order valence-electron chi connectivity index (χ2n) is 0.707. The second-order valence-corrected chi connectivity index (χ2v) is 2.12. The van der Waals surface area contributed by atoms with Gasteiger partial charge < -0.3 is 0 Å². The third-order valence-corrected chi connectivity index (χ3v) is 0. The van der Waals surface area contributed by atoms with E-state index in [4.69, 9.17) is 0 Å². The Morgan fingerprint density at radius 1 is 1.33 bits per heavy atom. The molecule has 0 amide bonds. The fourth-order valence-electron chi connectivity index (χ4n) is 0. The lowest BCUT2D eigenvalue weighted by molar-refractivity contribution is 1.48. The maximum absolute atomic E-state index is 2.19. The number of hydrogen-bond donors (Lipinski definition) is 0. The Morgan fingerprint density at radius 2 is 1.33 bits per heavy atom. The molecule has 0 heterocycles. The van der Waals surface area contributed by atoms with Crippen molar-refractivity contribution in [3.63, 3.8) is 0 Å². The van der Waals surface area contributed by atoms with Crippen molar-refractivity contribution in [3.05, 3.63) is 0 Å². The summed E-state index contributed by atoms with van der Waals surface area (Å²) in [6, 6.07) is 0. The first-order chi connectivity index (χ1) is 1.41. The summed E-state index contributed by atoms with van der Waals surface area (Å²) in [5.41, 5.74) is 0. The summed E-state index contributed by atoms with van der Waals surface area (Å²) in [6.45, 7) is 2.19. The fourth-order valence-corrected chi connectivity index (χ4v) is 0. The molecule has 0 aliphatic rings. The van der Waals surface area contributed by atoms with E-state index in [0.717, 1.165) is 0 Å². The minimum absolute atomic E-state index is 0. The molecular formula is C2H12AlBCl2. The predicted octanol–water partition coefficient (Wildman–Crippen LogP) is -0.283. The third kappa shape index (κ3) is 65.2. The molecule has 0 bridgehead atoms. The van der Waals surface area contributed by atoms with Crippen molar-refractivity contribution < 1.29 is 0 Å². The standard InChI is InChI=1S/C2H5.Al.BH3.2ClH.2H/c1-2;;;;;;/h1H2,2H3;;1H3;2*1H;;. The Morgan fingerprint density at radius 3 is 1.33 bits per heavy atom. The topological polar surface area (TPSA) is 0 Å². The third-order valence-electron chi connectivity index (χ3n) is 0. The molecule has 0 saturated carbocycles. The van der Waals surface area contributed by atoms with Gasteiger partial charge in [-0.1, -0.05) is 6.92 Å². The van der Waals surface area contributed by atoms with Crippen molar-refractivity contribution in [3.8, 4) is 0 Å². The van der Waals surface area contributed by atoms with Crippen molar-refractivity contribution in [2.45, 2.75) is 12.2 Å². The summed E-state index contributed by atoms with van der Waals surface area (Å²) in [4.78, 5) is 0. The molecule has 0 atom stereocenters. The molecule has 0 radical (unpaired) electrons. The highest BCUT2D eigenvalue weighted by Gasteiger charge is 1.41. The van der Waals surface area contributed by atoms with Crippen LogP contribution in [0.2, 0.25) is 5.28 Å². The first-order valence-electron chi connectivity index (χ1n) is 1.41. The molecule has 0 aromatic heterocycles. The van der Waals surface area contributed by atoms with Crippen LogP contribution >= 0.6 is 24.8 Å². The highest BCUT2D eigenvalue weighted by atomic mass is 35.5. The van der Waals surface area contributed by atoms with Crippen molar-refractivity contribution in [2.24, 2.45) is 0 Å². The van der Waals surface area contributed by atoms with E-state index in [2.05, 4.69) is 6.92 Å². The first-order valence-corrected chi connectivity index (χ1v) is 2.83. The number of halogens is 2. The number of hydrogen-bond acceptors (Lipinski definition) is 0. The molecular weight excluding hydrogens is 133 g/mol. The summed E-state index contributed by atoms with van der Waals surface area (Å²) in [5.74, 6) is 0. The van der Waals surface area contributed by atoms with Crippen LogP contribution in [0.3, 0.4) is 0 Å². The van der Waals surface area contributed by atoms with E-state index >= 15 is 0 Å². The molecule has 0 N–H and O–H groups in total. The van der Waals surface area contributed by atoms with Crippen molar-refractivity contribution in [2.75, 3.05) is 0 Å². The van der Waals surface area contributed by atoms with Gasteiger partial charge in [0.25, 0.3) is 0 Å². The van der Waals surface area contributed by atoms with E-state index in [9.17, 15) is 0 Å². The van der Waals surface area contributed by atoms with Gasteiger partial charge in [-0.3, -0.25) is 0 Å². The summed E-state index contributed by atoms with van der Waals surface area (Å²) in [7, 11) is 0. The zero-order valence-corrected chi connectivity index (χ0v) is 7.16. The van der Waals surface area contributed by atoms with Gasteiger partial charge in [0.2, 0.25) is 16.3 Å². The first kappa shape index (κ1) is 27.1. The minimum Gasteiger partial charge on any atom is -0.147 e. The molecule has 0 aromatic carbocycles. The van der Waals surface area contributed by atoms with Crippen LogP contribution in [-0.4, -0.2) is 24.7 Å². The molecule has 0 rings (SSSR count). The van der Waals surface area contributed by atoms with E-state index in [0.29, 0.717) is 0 Å². The average Bonchev–Trinajstić information content (AvgIpc) is 0.918. The van der Waals surface area contributed by atoms with Crippen molar-refractivity contribution >= 4 is 49.5 Å². The van der Waals surface area contributed by atoms with Crippen LogP contribution in [0.15, 0.2) is 0 Å². The van der Waals surface area contributed by atoms with Crippen LogP contribution < -0.4 is 0 Å². The van der Waals surface area contributed by atoms with E-state index in [1.807, 2.05) is 0 Å². The molecule has 0 aliphatic carbocycles. The maximum atomic E-state index is 2.19. The lowest BCUT2D eigenvalue weighted by Gasteiger charge is -1.44. The van der Waals surface area contributed by atoms with E-state index in [-0.39, 0.29) is 33.2 Å². The van der Waals surface area contributed by atoms with Crippen LogP contribution in [0.4, 0.5) is 0 Å². The minimum atomic E-state index is 0. The van der Waals surface area contributed by atoms with Gasteiger partial charge in [0.15, 0.2) is 0 Å². The molecule has 0 aliphatic heterocycles. The maximum Gasteiger partial charge on any atom is 0.211 e. The molecule has 4 heteroatoms. The summed E-state index contributed by atoms with van der Waals surface area (Å²) >= 11 is 1.37. The SMILES string of the molecule is B.C[CH2][AlH2].Cl.Cl. The smallest absolute Gasteiger partial charge is 0.147 e. The summed E-state index contributed by atoms with van der Waals surface area (Å²) in [6.07, 6.45) is 0. The van der Waals surface area contributed by atoms with Crippen LogP contribution in [0, 0.1) is 0 Å². The Labute approximate surface area is 61.9 Å². The molecule has 0 unspecified atom stereocenters. The molecule has 0 spiro atoms. The lowest BCUT2D eigenvalue weighted by atomic mass is 10.8. The van der Waals surface area contributed by atoms with Gasteiger partial charge in [-0.15, -0.1) is 30.1 Å². The van der Waals surface area contributed by atoms with Crippen molar-refractivity contribution in [1.82, 2.24) is 0 Å². The molecule has 6 heavy (non-hydrogen) atoms. The highest BCUT2D eigenvalue weighted by molar-refractivity contribution is 6.08. The van der Waals surface area contributed by atoms with E-state index in [1.165, 1.54) is 21.6 Å². The Bertz CT molecular complexity index is 11.5. The van der Waals surface area contributed by atoms with E-state index in [1.54, 1.807) is 0 Å². The quantitative estimate of drug-likeness (QED) is 0.411. The molecule has 0 nitrogen and oxygen atoms in total. The monoisotopic (exact) mass is 144 g/mol. The molecule has 0 aromatic rings. The van der Waals surface area contributed by atoms with Crippen LogP contribution in [0.1, 0.15) is 6.92 Å². The van der Waals surface area contributed by atoms with Gasteiger partial charge in [0, 0.05) is 0 Å². The fraction of sp³-hybridized carbons (Fsp3) is 1.00. The zero-order valence-electron chi connectivity index (χ0n) is 3.52. The van der Waals surface area contributed by atoms with Crippen molar-refractivity contribution in [1.29, 1.82) is 0 Å². The average molecular weight is 145 g/mol. The Balaban J connectivity index is -0.00000000667. The van der Waals surface area contributed by atoms with Gasteiger partial charge in [-0.2, -0.15) is 0 Å². The zero-order chi connectivity index (χ0) is 2.71.